The Morgan fingerprint density at radius 3 is 2.31 bits per heavy atom. The second-order valence-electron chi connectivity index (χ2n) is 2.27. The van der Waals surface area contributed by atoms with Gasteiger partial charge in [-0.1, -0.05) is 24.1 Å². The predicted molar refractivity (Wildman–Crippen MR) is 53.0 cm³/mol. The van der Waals surface area contributed by atoms with Gasteiger partial charge < -0.3 is 4.98 Å². The lowest BCUT2D eigenvalue weighted by Crippen LogP contribution is -1.66. The minimum atomic E-state index is 0.938. The highest BCUT2D eigenvalue weighted by Crippen LogP contribution is 1.92. The maximum absolute atomic E-state index is 5.10. The zero-order chi connectivity index (χ0) is 9.36. The molecule has 2 aromatic rings. The number of terminal acetylenes is 1. The zero-order valence-corrected chi connectivity index (χ0v) is 7.14. The van der Waals surface area contributed by atoms with Gasteiger partial charge in [-0.2, -0.15) is 0 Å². The summed E-state index contributed by atoms with van der Waals surface area (Å²) in [5.74, 6) is 2.53. The van der Waals surface area contributed by atoms with Crippen molar-refractivity contribution < 1.29 is 0 Å². The predicted octanol–water partition coefficient (Wildman–Crippen LogP) is 2.08. The van der Waals surface area contributed by atoms with Crippen molar-refractivity contribution in [3.8, 4) is 12.3 Å². The maximum atomic E-state index is 5.10. The van der Waals surface area contributed by atoms with Crippen LogP contribution in [0.2, 0.25) is 0 Å². The molecule has 13 heavy (non-hydrogen) atoms. The first-order valence-electron chi connectivity index (χ1n) is 3.88. The number of nitrogens with one attached hydrogen (secondary N) is 1. The summed E-state index contributed by atoms with van der Waals surface area (Å²) in [5.41, 5.74) is 0.938. The number of rotatable bonds is 0. The molecule has 2 nitrogen and oxygen atoms in total. The van der Waals surface area contributed by atoms with Gasteiger partial charge in [-0.3, -0.25) is 0 Å². The van der Waals surface area contributed by atoms with E-state index in [2.05, 4.69) is 15.9 Å². The average molecular weight is 170 g/mol. The fourth-order valence-electron chi connectivity index (χ4n) is 0.750. The zero-order valence-electron chi connectivity index (χ0n) is 7.14. The Hall–Kier alpha value is -2.01. The van der Waals surface area contributed by atoms with Gasteiger partial charge in [0.15, 0.2) is 0 Å². The fraction of sp³-hybridized carbons (Fsp3) is 0. The summed E-state index contributed by atoms with van der Waals surface area (Å²) in [5, 5.41) is 0. The van der Waals surface area contributed by atoms with E-state index in [4.69, 9.17) is 6.42 Å². The van der Waals surface area contributed by atoms with E-state index in [-0.39, 0.29) is 0 Å². The molecule has 0 aliphatic rings. The lowest BCUT2D eigenvalue weighted by Gasteiger charge is -1.82. The lowest BCUT2D eigenvalue weighted by molar-refractivity contribution is 1.31. The molecule has 0 saturated heterocycles. The summed E-state index contributed by atoms with van der Waals surface area (Å²) in [6, 6.07) is 9.60. The summed E-state index contributed by atoms with van der Waals surface area (Å²) in [4.78, 5) is 6.42. The first kappa shape index (κ1) is 9.08. The fourth-order valence-corrected chi connectivity index (χ4v) is 0.750. The molecule has 0 spiro atoms. The molecule has 0 aliphatic carbocycles. The normalized spacial score (nSPS) is 7.92. The van der Waals surface area contributed by atoms with Crippen LogP contribution in [-0.2, 0) is 0 Å². The molecule has 64 valence electrons. The summed E-state index contributed by atoms with van der Waals surface area (Å²) in [6.45, 7) is 0. The van der Waals surface area contributed by atoms with Crippen LogP contribution in [-0.4, -0.2) is 9.97 Å². The van der Waals surface area contributed by atoms with Gasteiger partial charge >= 0.3 is 0 Å². The quantitative estimate of drug-likeness (QED) is 0.602. The molecule has 2 heteroatoms. The van der Waals surface area contributed by atoms with Crippen LogP contribution in [0.15, 0.2) is 49.1 Å². The van der Waals surface area contributed by atoms with Crippen molar-refractivity contribution in [1.29, 1.82) is 0 Å². The van der Waals surface area contributed by atoms with Gasteiger partial charge in [-0.25, -0.2) is 4.98 Å². The molecule has 1 aromatic carbocycles. The van der Waals surface area contributed by atoms with E-state index in [1.54, 1.807) is 18.7 Å². The number of hydrogen-bond donors (Lipinski definition) is 1. The number of aromatic amines is 1. The van der Waals surface area contributed by atoms with Crippen molar-refractivity contribution in [2.75, 3.05) is 0 Å². The van der Waals surface area contributed by atoms with Gasteiger partial charge in [-0.05, 0) is 12.1 Å². The van der Waals surface area contributed by atoms with E-state index < -0.39 is 0 Å². The van der Waals surface area contributed by atoms with Crippen molar-refractivity contribution in [2.45, 2.75) is 0 Å². The minimum Gasteiger partial charge on any atom is -0.351 e. The molecule has 0 fully saturated rings. The molecule has 0 atom stereocenters. The van der Waals surface area contributed by atoms with Gasteiger partial charge in [-0.15, -0.1) is 6.42 Å². The highest BCUT2D eigenvalue weighted by molar-refractivity contribution is 5.30. The van der Waals surface area contributed by atoms with E-state index >= 15 is 0 Å². The minimum absolute atomic E-state index is 0.938. The van der Waals surface area contributed by atoms with Gasteiger partial charge in [0.05, 0.1) is 6.33 Å². The number of benzene rings is 1. The van der Waals surface area contributed by atoms with Crippen molar-refractivity contribution in [3.63, 3.8) is 0 Å². The Bertz CT molecular complexity index is 326. The average Bonchev–Trinajstić information content (AvgIpc) is 2.77. The molecular weight excluding hydrogens is 160 g/mol. The van der Waals surface area contributed by atoms with E-state index in [1.807, 2.05) is 30.3 Å². The van der Waals surface area contributed by atoms with E-state index in [1.165, 1.54) is 0 Å². The second-order valence-corrected chi connectivity index (χ2v) is 2.27. The van der Waals surface area contributed by atoms with Gasteiger partial charge in [0, 0.05) is 18.0 Å². The Morgan fingerprint density at radius 2 is 2.00 bits per heavy atom. The van der Waals surface area contributed by atoms with Crippen LogP contribution in [0.4, 0.5) is 0 Å². The summed E-state index contributed by atoms with van der Waals surface area (Å²) < 4.78 is 0. The smallest absolute Gasteiger partial charge is 0.0919 e. The molecule has 1 aromatic heterocycles. The molecule has 0 bridgehead atoms. The van der Waals surface area contributed by atoms with Crippen LogP contribution in [0.5, 0.6) is 0 Å². The van der Waals surface area contributed by atoms with Gasteiger partial charge in [0.25, 0.3) is 0 Å². The molecule has 1 N–H and O–H groups in total. The standard InChI is InChI=1S/C8H6.C3H4N2/c1-2-8-6-4-3-5-7-8;1-2-5-3-4-1/h1,3-7H;1-3H,(H,4,5). The Balaban J connectivity index is 0.000000145. The van der Waals surface area contributed by atoms with Crippen molar-refractivity contribution in [1.82, 2.24) is 9.97 Å². The van der Waals surface area contributed by atoms with Crippen LogP contribution < -0.4 is 0 Å². The second kappa shape index (κ2) is 5.62. The molecule has 0 aliphatic heterocycles. The largest absolute Gasteiger partial charge is 0.351 e. The third-order valence-electron chi connectivity index (χ3n) is 1.35. The van der Waals surface area contributed by atoms with Crippen molar-refractivity contribution in [2.24, 2.45) is 0 Å². The number of imidazole rings is 1. The Labute approximate surface area is 77.7 Å². The summed E-state index contributed by atoms with van der Waals surface area (Å²) >= 11 is 0. The number of aromatic nitrogens is 2. The van der Waals surface area contributed by atoms with Crippen LogP contribution in [0, 0.1) is 12.3 Å². The summed E-state index contributed by atoms with van der Waals surface area (Å²) in [6.07, 6.45) is 10.2. The first-order valence-corrected chi connectivity index (χ1v) is 3.88. The Kier molecular flexibility index (Phi) is 3.92. The third-order valence-corrected chi connectivity index (χ3v) is 1.35. The SMILES string of the molecule is C#Cc1ccccc1.c1c[nH]cn1. The maximum Gasteiger partial charge on any atom is 0.0919 e. The highest BCUT2D eigenvalue weighted by Gasteiger charge is 1.76. The van der Waals surface area contributed by atoms with E-state index in [9.17, 15) is 0 Å². The number of nitrogens with zero attached hydrogens (tertiary/aromatic N) is 1. The van der Waals surface area contributed by atoms with Gasteiger partial charge in [0.1, 0.15) is 0 Å². The number of hydrogen-bond acceptors (Lipinski definition) is 1. The molecule has 0 amide bonds. The van der Waals surface area contributed by atoms with Crippen LogP contribution in [0.25, 0.3) is 0 Å². The lowest BCUT2D eigenvalue weighted by atomic mass is 10.2. The van der Waals surface area contributed by atoms with Crippen LogP contribution >= 0.6 is 0 Å². The summed E-state index contributed by atoms with van der Waals surface area (Å²) in [7, 11) is 0. The number of H-pyrrole nitrogens is 1. The molecular formula is C11H10N2. The topological polar surface area (TPSA) is 28.7 Å². The first-order chi connectivity index (χ1) is 6.43. The highest BCUT2D eigenvalue weighted by atomic mass is 14.8. The van der Waals surface area contributed by atoms with Gasteiger partial charge in [0.2, 0.25) is 0 Å². The Morgan fingerprint density at radius 1 is 1.23 bits per heavy atom. The third kappa shape index (κ3) is 3.78. The van der Waals surface area contributed by atoms with Crippen molar-refractivity contribution in [3.05, 3.63) is 54.6 Å². The van der Waals surface area contributed by atoms with E-state index in [0.717, 1.165) is 5.56 Å². The van der Waals surface area contributed by atoms with Crippen LogP contribution in [0.1, 0.15) is 5.56 Å². The van der Waals surface area contributed by atoms with Crippen LogP contribution in [0.3, 0.4) is 0 Å². The van der Waals surface area contributed by atoms with Crippen molar-refractivity contribution >= 4 is 0 Å². The monoisotopic (exact) mass is 170 g/mol. The van der Waals surface area contributed by atoms with E-state index in [0.29, 0.717) is 0 Å². The molecule has 2 rings (SSSR count). The molecule has 0 unspecified atom stereocenters. The molecule has 0 saturated carbocycles. The molecule has 1 heterocycles. The molecule has 0 radical (unpaired) electrons.